The fourth-order valence-corrected chi connectivity index (χ4v) is 2.46. The van der Waals surface area contributed by atoms with Gasteiger partial charge in [0.15, 0.2) is 0 Å². The number of rotatable bonds is 7. The van der Waals surface area contributed by atoms with Gasteiger partial charge in [0.1, 0.15) is 0 Å². The van der Waals surface area contributed by atoms with Crippen molar-refractivity contribution in [1.82, 2.24) is 5.32 Å². The summed E-state index contributed by atoms with van der Waals surface area (Å²) < 4.78 is 13.9. The second-order valence-corrected chi connectivity index (χ2v) is 5.79. The minimum Gasteiger partial charge on any atom is -0.312 e. The van der Waals surface area contributed by atoms with Crippen LogP contribution < -0.4 is 5.32 Å². The molecular weight excluding hydrogens is 259 g/mol. The lowest BCUT2D eigenvalue weighted by Crippen LogP contribution is -2.29. The lowest BCUT2D eigenvalue weighted by atomic mass is 9.85. The van der Waals surface area contributed by atoms with E-state index in [0.29, 0.717) is 29.9 Å². The van der Waals surface area contributed by atoms with Crippen molar-refractivity contribution in [3.63, 3.8) is 0 Å². The molecule has 112 valence electrons. The Hall–Kier alpha value is -1.49. The van der Waals surface area contributed by atoms with Crippen LogP contribution in [0.5, 0.6) is 0 Å². The first kappa shape index (κ1) is 16.6. The summed E-state index contributed by atoms with van der Waals surface area (Å²) in [6.07, 6.45) is 0. The molecule has 0 aromatic heterocycles. The molecule has 0 amide bonds. The molecule has 0 spiro atoms. The Morgan fingerprint density at radius 3 is 2.35 bits per heavy atom. The molecule has 1 aromatic rings. The van der Waals surface area contributed by atoms with E-state index in [4.69, 9.17) is 0 Å². The van der Waals surface area contributed by atoms with Crippen LogP contribution in [0, 0.1) is 33.7 Å². The van der Waals surface area contributed by atoms with Crippen LogP contribution >= 0.6 is 0 Å². The number of benzene rings is 1. The van der Waals surface area contributed by atoms with Gasteiger partial charge in [-0.15, -0.1) is 0 Å². The van der Waals surface area contributed by atoms with Crippen LogP contribution in [0.2, 0.25) is 0 Å². The third-order valence-electron chi connectivity index (χ3n) is 3.66. The highest BCUT2D eigenvalue weighted by Gasteiger charge is 2.19. The maximum atomic E-state index is 13.9. The van der Waals surface area contributed by atoms with Crippen molar-refractivity contribution in [2.75, 3.05) is 6.54 Å². The van der Waals surface area contributed by atoms with Crippen LogP contribution in [0.4, 0.5) is 10.1 Å². The third-order valence-corrected chi connectivity index (χ3v) is 3.66. The fourth-order valence-electron chi connectivity index (χ4n) is 2.46. The molecule has 0 saturated heterocycles. The summed E-state index contributed by atoms with van der Waals surface area (Å²) in [7, 11) is 0. The normalized spacial score (nSPS) is 11.6. The largest absolute Gasteiger partial charge is 0.312 e. The smallest absolute Gasteiger partial charge is 0.305 e. The van der Waals surface area contributed by atoms with Crippen LogP contribution in [0.15, 0.2) is 18.2 Å². The minimum absolute atomic E-state index is 0.309. The van der Waals surface area contributed by atoms with Gasteiger partial charge in [-0.25, -0.2) is 0 Å². The zero-order chi connectivity index (χ0) is 15.3. The SMILES string of the molecule is CC(C)C(CNCc1cccc([N+](=O)[O-])c1F)C(C)C. The number of hydrogen-bond acceptors (Lipinski definition) is 3. The van der Waals surface area contributed by atoms with Crippen molar-refractivity contribution in [3.05, 3.63) is 39.7 Å². The Balaban J connectivity index is 2.67. The van der Waals surface area contributed by atoms with Gasteiger partial charge in [-0.3, -0.25) is 10.1 Å². The maximum absolute atomic E-state index is 13.9. The second kappa shape index (κ2) is 7.33. The number of hydrogen-bond donors (Lipinski definition) is 1. The van der Waals surface area contributed by atoms with Crippen LogP contribution in [-0.2, 0) is 6.54 Å². The summed E-state index contributed by atoms with van der Waals surface area (Å²) in [5.74, 6) is 0.835. The molecular formula is C15H23FN2O2. The van der Waals surface area contributed by atoms with E-state index in [2.05, 4.69) is 33.0 Å². The van der Waals surface area contributed by atoms with E-state index in [1.807, 2.05) is 0 Å². The number of nitrogens with zero attached hydrogens (tertiary/aromatic N) is 1. The molecule has 0 fully saturated rings. The van der Waals surface area contributed by atoms with E-state index in [1.165, 1.54) is 12.1 Å². The zero-order valence-corrected chi connectivity index (χ0v) is 12.5. The van der Waals surface area contributed by atoms with Crippen molar-refractivity contribution in [1.29, 1.82) is 0 Å². The molecule has 0 aliphatic rings. The lowest BCUT2D eigenvalue weighted by Gasteiger charge is -2.25. The molecule has 0 radical (unpaired) electrons. The molecule has 1 aromatic carbocycles. The molecule has 0 atom stereocenters. The van der Waals surface area contributed by atoms with Gasteiger partial charge in [-0.2, -0.15) is 4.39 Å². The minimum atomic E-state index is -0.740. The van der Waals surface area contributed by atoms with Gasteiger partial charge in [-0.05, 0) is 24.3 Å². The Labute approximate surface area is 119 Å². The first-order chi connectivity index (χ1) is 9.34. The van der Waals surface area contributed by atoms with Gasteiger partial charge >= 0.3 is 5.69 Å². The van der Waals surface area contributed by atoms with Crippen LogP contribution in [0.3, 0.4) is 0 Å². The van der Waals surface area contributed by atoms with Crippen LogP contribution in [0.25, 0.3) is 0 Å². The zero-order valence-electron chi connectivity index (χ0n) is 12.5. The van der Waals surface area contributed by atoms with Gasteiger partial charge in [0.2, 0.25) is 5.82 Å². The van der Waals surface area contributed by atoms with Gasteiger partial charge < -0.3 is 5.32 Å². The molecule has 0 bridgehead atoms. The van der Waals surface area contributed by atoms with Crippen LogP contribution in [-0.4, -0.2) is 11.5 Å². The Bertz CT molecular complexity index is 453. The predicted molar refractivity (Wildman–Crippen MR) is 77.9 cm³/mol. The molecule has 1 rings (SSSR count). The first-order valence-corrected chi connectivity index (χ1v) is 6.97. The van der Waals surface area contributed by atoms with Gasteiger partial charge in [-0.1, -0.05) is 39.8 Å². The average molecular weight is 282 g/mol. The fraction of sp³-hybridized carbons (Fsp3) is 0.600. The van der Waals surface area contributed by atoms with Crippen molar-refractivity contribution in [3.8, 4) is 0 Å². The van der Waals surface area contributed by atoms with E-state index in [1.54, 1.807) is 6.07 Å². The van der Waals surface area contributed by atoms with E-state index >= 15 is 0 Å². The summed E-state index contributed by atoms with van der Waals surface area (Å²) in [5.41, 5.74) is -0.126. The standard InChI is InChI=1S/C15H23FN2O2/c1-10(2)13(11(3)4)9-17-8-12-6-5-7-14(15(12)16)18(19)20/h5-7,10-11,13,17H,8-9H2,1-4H3. The number of halogens is 1. The average Bonchev–Trinajstić information content (AvgIpc) is 2.34. The van der Waals surface area contributed by atoms with E-state index in [9.17, 15) is 14.5 Å². The molecule has 1 N–H and O–H groups in total. The summed E-state index contributed by atoms with van der Waals surface area (Å²) in [6, 6.07) is 4.28. The Morgan fingerprint density at radius 2 is 1.85 bits per heavy atom. The monoisotopic (exact) mass is 282 g/mol. The highest BCUT2D eigenvalue weighted by atomic mass is 19.1. The highest BCUT2D eigenvalue weighted by molar-refractivity contribution is 5.36. The van der Waals surface area contributed by atoms with Gasteiger partial charge in [0.05, 0.1) is 4.92 Å². The highest BCUT2D eigenvalue weighted by Crippen LogP contribution is 2.21. The predicted octanol–water partition coefficient (Wildman–Crippen LogP) is 3.75. The molecule has 0 unspecified atom stereocenters. The Kier molecular flexibility index (Phi) is 6.07. The molecule has 20 heavy (non-hydrogen) atoms. The summed E-state index contributed by atoms with van der Waals surface area (Å²) in [4.78, 5) is 9.99. The molecule has 0 aliphatic carbocycles. The summed E-state index contributed by atoms with van der Waals surface area (Å²) in [5, 5.41) is 13.9. The van der Waals surface area contributed by atoms with Crippen LogP contribution in [0.1, 0.15) is 33.3 Å². The molecule has 0 heterocycles. The summed E-state index contributed by atoms with van der Waals surface area (Å²) >= 11 is 0. The molecule has 0 aliphatic heterocycles. The van der Waals surface area contributed by atoms with Crippen molar-refractivity contribution in [2.45, 2.75) is 34.2 Å². The number of nitrogens with one attached hydrogen (secondary N) is 1. The number of nitro benzene ring substituents is 1. The van der Waals surface area contributed by atoms with Gasteiger partial charge in [0.25, 0.3) is 0 Å². The number of nitro groups is 1. The van der Waals surface area contributed by atoms with Crippen molar-refractivity contribution < 1.29 is 9.31 Å². The van der Waals surface area contributed by atoms with E-state index in [-0.39, 0.29) is 0 Å². The lowest BCUT2D eigenvalue weighted by molar-refractivity contribution is -0.387. The van der Waals surface area contributed by atoms with E-state index < -0.39 is 16.4 Å². The maximum Gasteiger partial charge on any atom is 0.305 e. The van der Waals surface area contributed by atoms with Gasteiger partial charge in [0, 0.05) is 18.2 Å². The van der Waals surface area contributed by atoms with E-state index in [0.717, 1.165) is 6.54 Å². The molecule has 4 nitrogen and oxygen atoms in total. The molecule has 5 heteroatoms. The first-order valence-electron chi connectivity index (χ1n) is 6.97. The molecule has 0 saturated carbocycles. The van der Waals surface area contributed by atoms with Crippen molar-refractivity contribution in [2.24, 2.45) is 17.8 Å². The topological polar surface area (TPSA) is 55.2 Å². The second-order valence-electron chi connectivity index (χ2n) is 5.79. The summed E-state index contributed by atoms with van der Waals surface area (Å²) in [6.45, 7) is 9.75. The quantitative estimate of drug-likeness (QED) is 0.612. The third kappa shape index (κ3) is 4.27. The Morgan fingerprint density at radius 1 is 1.25 bits per heavy atom. The van der Waals surface area contributed by atoms with Crippen molar-refractivity contribution >= 4 is 5.69 Å².